The molecule has 0 spiro atoms. The van der Waals surface area contributed by atoms with Crippen LogP contribution in [-0.4, -0.2) is 15.4 Å². The first-order chi connectivity index (χ1) is 6.09. The van der Waals surface area contributed by atoms with Gasteiger partial charge in [-0.05, 0) is 11.6 Å². The van der Waals surface area contributed by atoms with Crippen LogP contribution < -0.4 is 0 Å². The zero-order valence-electron chi connectivity index (χ0n) is 7.04. The normalized spacial score (nSPS) is 13.2. The maximum absolute atomic E-state index is 12.0. The molecule has 0 saturated carbocycles. The van der Waals surface area contributed by atoms with Gasteiger partial charge in [-0.3, -0.25) is 9.19 Å². The molecular weight excluding hydrogens is 196 g/mol. The van der Waals surface area contributed by atoms with Gasteiger partial charge in [-0.15, -0.1) is 0 Å². The third-order valence-corrected chi connectivity index (χ3v) is 2.18. The molecule has 5 heteroatoms. The van der Waals surface area contributed by atoms with E-state index in [2.05, 4.69) is 4.98 Å². The first kappa shape index (κ1) is 10.2. The van der Waals surface area contributed by atoms with Gasteiger partial charge >= 0.3 is 0 Å². The van der Waals surface area contributed by atoms with Crippen molar-refractivity contribution < 1.29 is 13.0 Å². The number of nitrogens with zero attached hydrogens (tertiary/aromatic N) is 1. The molecule has 13 heavy (non-hydrogen) atoms. The summed E-state index contributed by atoms with van der Waals surface area (Å²) in [6.45, 7) is 0. The molecule has 1 unspecified atom stereocenters. The van der Waals surface area contributed by atoms with E-state index in [1.165, 1.54) is 18.3 Å². The van der Waals surface area contributed by atoms with Crippen LogP contribution in [0.2, 0.25) is 0 Å². The fourth-order valence-electron chi connectivity index (χ4n) is 0.885. The van der Waals surface area contributed by atoms with E-state index in [4.69, 9.17) is 0 Å². The molecule has 0 bridgehead atoms. The van der Waals surface area contributed by atoms with Gasteiger partial charge in [0.05, 0.1) is 0 Å². The highest BCUT2D eigenvalue weighted by atomic mass is 32.2. The third-order valence-electron chi connectivity index (χ3n) is 1.44. The minimum absolute atomic E-state index is 0.245. The van der Waals surface area contributed by atoms with Crippen molar-refractivity contribution in [2.75, 3.05) is 6.26 Å². The Bertz CT molecular complexity index is 300. The molecule has 1 heterocycles. The molecule has 0 fully saturated rings. The molecule has 0 aliphatic rings. The Balaban J connectivity index is 2.75. The highest BCUT2D eigenvalue weighted by Crippen LogP contribution is 2.15. The summed E-state index contributed by atoms with van der Waals surface area (Å²) in [6, 6.07) is 2.78. The number of pyridine rings is 1. The van der Waals surface area contributed by atoms with Crippen molar-refractivity contribution in [1.29, 1.82) is 0 Å². The lowest BCUT2D eigenvalue weighted by Crippen LogP contribution is -1.95. The van der Waals surface area contributed by atoms with Gasteiger partial charge < -0.3 is 0 Å². The maximum atomic E-state index is 12.0. The molecule has 0 aliphatic heterocycles. The largest absolute Gasteiger partial charge is 0.280 e. The van der Waals surface area contributed by atoms with Gasteiger partial charge in [0.15, 0.2) is 0 Å². The highest BCUT2D eigenvalue weighted by Gasteiger charge is 2.07. The van der Waals surface area contributed by atoms with Gasteiger partial charge in [0, 0.05) is 29.0 Å². The van der Waals surface area contributed by atoms with Crippen LogP contribution in [0.5, 0.6) is 0 Å². The van der Waals surface area contributed by atoms with E-state index >= 15 is 0 Å². The van der Waals surface area contributed by atoms with Crippen LogP contribution in [0.1, 0.15) is 17.7 Å². The van der Waals surface area contributed by atoms with Gasteiger partial charge in [-0.2, -0.15) is 0 Å². The summed E-state index contributed by atoms with van der Waals surface area (Å²) in [7, 11) is -0.961. The SMILES string of the molecule is CS(=O)Cc1ccc(C(F)F)nc1. The molecule has 0 amide bonds. The average molecular weight is 205 g/mol. The van der Waals surface area contributed by atoms with E-state index in [0.29, 0.717) is 11.3 Å². The zero-order chi connectivity index (χ0) is 9.84. The topological polar surface area (TPSA) is 30.0 Å². The molecule has 1 rings (SSSR count). The summed E-state index contributed by atoms with van der Waals surface area (Å²) >= 11 is 0. The molecule has 2 nitrogen and oxygen atoms in total. The van der Waals surface area contributed by atoms with Crippen LogP contribution >= 0.6 is 0 Å². The molecule has 0 aliphatic carbocycles. The lowest BCUT2D eigenvalue weighted by Gasteiger charge is -2.00. The number of hydrogen-bond acceptors (Lipinski definition) is 2. The Morgan fingerprint density at radius 2 is 2.23 bits per heavy atom. The first-order valence-electron chi connectivity index (χ1n) is 3.62. The summed E-state index contributed by atoms with van der Waals surface area (Å²) in [5.41, 5.74) is 0.468. The Labute approximate surface area is 77.5 Å². The van der Waals surface area contributed by atoms with Gasteiger partial charge in [-0.1, -0.05) is 6.07 Å². The Morgan fingerprint density at radius 3 is 2.62 bits per heavy atom. The maximum Gasteiger partial charge on any atom is 0.280 e. The number of alkyl halides is 2. The van der Waals surface area contributed by atoms with Crippen molar-refractivity contribution in [3.05, 3.63) is 29.6 Å². The van der Waals surface area contributed by atoms with Gasteiger partial charge in [0.25, 0.3) is 6.43 Å². The Kier molecular flexibility index (Phi) is 3.48. The minimum atomic E-state index is -2.54. The van der Waals surface area contributed by atoms with Crippen LogP contribution in [0.3, 0.4) is 0 Å². The number of halogens is 2. The number of aromatic nitrogens is 1. The van der Waals surface area contributed by atoms with Crippen molar-refractivity contribution in [2.24, 2.45) is 0 Å². The second kappa shape index (κ2) is 4.41. The van der Waals surface area contributed by atoms with Crippen LogP contribution in [0.25, 0.3) is 0 Å². The van der Waals surface area contributed by atoms with E-state index in [-0.39, 0.29) is 5.69 Å². The van der Waals surface area contributed by atoms with Crippen molar-refractivity contribution in [1.82, 2.24) is 4.98 Å². The second-order valence-electron chi connectivity index (χ2n) is 2.61. The van der Waals surface area contributed by atoms with Gasteiger partial charge in [-0.25, -0.2) is 8.78 Å². The number of rotatable bonds is 3. The molecule has 1 aromatic heterocycles. The van der Waals surface area contributed by atoms with Crippen LogP contribution in [0.4, 0.5) is 8.78 Å². The van der Waals surface area contributed by atoms with E-state index in [1.807, 2.05) is 0 Å². The second-order valence-corrected chi connectivity index (χ2v) is 4.04. The van der Waals surface area contributed by atoms with Gasteiger partial charge in [0.1, 0.15) is 5.69 Å². The average Bonchev–Trinajstić information content (AvgIpc) is 2.04. The lowest BCUT2D eigenvalue weighted by atomic mass is 10.3. The highest BCUT2D eigenvalue weighted by molar-refractivity contribution is 7.83. The summed E-state index contributed by atoms with van der Waals surface area (Å²) < 4.78 is 34.8. The molecule has 0 radical (unpaired) electrons. The van der Waals surface area contributed by atoms with Gasteiger partial charge in [0.2, 0.25) is 0 Å². The van der Waals surface area contributed by atoms with Crippen molar-refractivity contribution in [3.63, 3.8) is 0 Å². The molecule has 0 saturated heterocycles. The Hall–Kier alpha value is -0.840. The van der Waals surface area contributed by atoms with Crippen molar-refractivity contribution >= 4 is 10.8 Å². The summed E-state index contributed by atoms with van der Waals surface area (Å²) in [6.07, 6.45) is 0.352. The monoisotopic (exact) mass is 205 g/mol. The Morgan fingerprint density at radius 1 is 1.54 bits per heavy atom. The fraction of sp³-hybridized carbons (Fsp3) is 0.375. The predicted octanol–water partition coefficient (Wildman–Crippen LogP) is 1.90. The number of hydrogen-bond donors (Lipinski definition) is 0. The fourth-order valence-corrected chi connectivity index (χ4v) is 1.53. The van der Waals surface area contributed by atoms with Crippen molar-refractivity contribution in [2.45, 2.75) is 12.2 Å². The van der Waals surface area contributed by atoms with E-state index < -0.39 is 17.2 Å². The summed E-state index contributed by atoms with van der Waals surface area (Å²) in [5, 5.41) is 0. The molecule has 72 valence electrons. The van der Waals surface area contributed by atoms with Crippen LogP contribution in [0, 0.1) is 0 Å². The summed E-state index contributed by atoms with van der Waals surface area (Å²) in [4.78, 5) is 3.55. The smallest absolute Gasteiger partial charge is 0.260 e. The molecule has 0 aromatic carbocycles. The molecule has 1 atom stereocenters. The first-order valence-corrected chi connectivity index (χ1v) is 5.35. The summed E-state index contributed by atoms with van der Waals surface area (Å²) in [5.74, 6) is 0.358. The minimum Gasteiger partial charge on any atom is -0.260 e. The lowest BCUT2D eigenvalue weighted by molar-refractivity contribution is 0.146. The van der Waals surface area contributed by atoms with E-state index in [9.17, 15) is 13.0 Å². The van der Waals surface area contributed by atoms with Crippen molar-refractivity contribution in [3.8, 4) is 0 Å². The quantitative estimate of drug-likeness (QED) is 0.754. The van der Waals surface area contributed by atoms with E-state index in [1.54, 1.807) is 6.26 Å². The molecule has 1 aromatic rings. The molecule has 0 N–H and O–H groups in total. The third kappa shape index (κ3) is 3.18. The van der Waals surface area contributed by atoms with E-state index in [0.717, 1.165) is 0 Å². The standard InChI is InChI=1S/C8H9F2NOS/c1-13(12)5-6-2-3-7(8(9)10)11-4-6/h2-4,8H,5H2,1H3. The van der Waals surface area contributed by atoms with Crippen LogP contribution in [0.15, 0.2) is 18.3 Å². The van der Waals surface area contributed by atoms with Crippen LogP contribution in [-0.2, 0) is 16.6 Å². The molecular formula is C8H9F2NOS. The zero-order valence-corrected chi connectivity index (χ0v) is 7.85. The predicted molar refractivity (Wildman–Crippen MR) is 47.0 cm³/mol.